The van der Waals surface area contributed by atoms with Gasteiger partial charge < -0.3 is 15.3 Å². The molecule has 0 aromatic carbocycles. The number of carbonyl (C=O) groups is 2. The first kappa shape index (κ1) is 21.3. The van der Waals surface area contributed by atoms with E-state index in [1.54, 1.807) is 26.0 Å². The Labute approximate surface area is 149 Å². The quantitative estimate of drug-likeness (QED) is 0.484. The van der Waals surface area contributed by atoms with Gasteiger partial charge in [-0.3, -0.25) is 9.59 Å². The molecule has 0 aliphatic heterocycles. The molecule has 0 aromatic heterocycles. The zero-order valence-corrected chi connectivity index (χ0v) is 16.0. The van der Waals surface area contributed by atoms with Crippen LogP contribution in [0.1, 0.15) is 54.4 Å². The van der Waals surface area contributed by atoms with Crippen molar-refractivity contribution >= 4 is 11.6 Å². The number of carbonyl (C=O) groups excluding carboxylic acids is 2. The van der Waals surface area contributed by atoms with Crippen LogP contribution in [0.5, 0.6) is 0 Å². The third-order valence-corrected chi connectivity index (χ3v) is 4.50. The van der Waals surface area contributed by atoms with Crippen LogP contribution < -0.4 is 0 Å². The minimum Gasteiger partial charge on any atom is -0.508 e. The van der Waals surface area contributed by atoms with Gasteiger partial charge in [-0.05, 0) is 40.5 Å². The lowest BCUT2D eigenvalue weighted by Gasteiger charge is -2.33. The highest BCUT2D eigenvalue weighted by atomic mass is 16.4. The predicted molar refractivity (Wildman–Crippen MR) is 97.0 cm³/mol. The van der Waals surface area contributed by atoms with Gasteiger partial charge in [0.1, 0.15) is 11.3 Å². The molecule has 0 bridgehead atoms. The van der Waals surface area contributed by atoms with E-state index in [2.05, 4.69) is 0 Å². The first-order valence-corrected chi connectivity index (χ1v) is 8.63. The van der Waals surface area contributed by atoms with Crippen molar-refractivity contribution < 1.29 is 24.9 Å². The Morgan fingerprint density at radius 3 is 2.12 bits per heavy atom. The lowest BCUT2D eigenvalue weighted by molar-refractivity contribution is -0.134. The number of Topliss-reactive ketones (excluding diaryl/α,β-unsaturated/α-hetero) is 2. The number of hydrogen-bond donors (Lipinski definition) is 3. The summed E-state index contributed by atoms with van der Waals surface area (Å²) < 4.78 is 0. The summed E-state index contributed by atoms with van der Waals surface area (Å²) in [6.07, 6.45) is 2.31. The Morgan fingerprint density at radius 2 is 1.68 bits per heavy atom. The molecule has 5 heteroatoms. The fraction of sp³-hybridized carbons (Fsp3) is 0.600. The summed E-state index contributed by atoms with van der Waals surface area (Å²) in [5.41, 5.74) is -0.651. The van der Waals surface area contributed by atoms with Gasteiger partial charge >= 0.3 is 0 Å². The molecular formula is C20H30O5. The SMILES string of the molecule is CC(C)=CCC(O)[C@@]1(O)C(O)=C(C(=O)C(C)C)C(=O)[C@@H]1CC=C(C)C. The number of ketones is 2. The average molecular weight is 350 g/mol. The average Bonchev–Trinajstić information content (AvgIpc) is 2.69. The van der Waals surface area contributed by atoms with Gasteiger partial charge in [0, 0.05) is 5.92 Å². The highest BCUT2D eigenvalue weighted by molar-refractivity contribution is 6.24. The van der Waals surface area contributed by atoms with Crippen molar-refractivity contribution in [2.75, 3.05) is 0 Å². The van der Waals surface area contributed by atoms with Crippen LogP contribution in [0.15, 0.2) is 34.6 Å². The fourth-order valence-corrected chi connectivity index (χ4v) is 2.94. The maximum Gasteiger partial charge on any atom is 0.176 e. The van der Waals surface area contributed by atoms with Crippen molar-refractivity contribution in [2.24, 2.45) is 11.8 Å². The van der Waals surface area contributed by atoms with Crippen molar-refractivity contribution in [3.63, 3.8) is 0 Å². The monoisotopic (exact) mass is 350 g/mol. The van der Waals surface area contributed by atoms with Gasteiger partial charge in [0.25, 0.3) is 0 Å². The van der Waals surface area contributed by atoms with E-state index in [-0.39, 0.29) is 18.4 Å². The molecule has 5 nitrogen and oxygen atoms in total. The molecular weight excluding hydrogens is 320 g/mol. The number of aliphatic hydroxyl groups excluding tert-OH is 2. The van der Waals surface area contributed by atoms with Gasteiger partial charge in [0.05, 0.1) is 12.0 Å². The topological polar surface area (TPSA) is 94.8 Å². The molecule has 1 rings (SSSR count). The van der Waals surface area contributed by atoms with Gasteiger partial charge in [0.2, 0.25) is 0 Å². The van der Waals surface area contributed by atoms with E-state index < -0.39 is 40.9 Å². The molecule has 140 valence electrons. The van der Waals surface area contributed by atoms with Crippen LogP contribution in [-0.4, -0.2) is 38.6 Å². The fourth-order valence-electron chi connectivity index (χ4n) is 2.94. The van der Waals surface area contributed by atoms with Gasteiger partial charge in [-0.1, -0.05) is 37.1 Å². The van der Waals surface area contributed by atoms with Crippen molar-refractivity contribution in [2.45, 2.75) is 66.1 Å². The van der Waals surface area contributed by atoms with Gasteiger partial charge in [-0.2, -0.15) is 0 Å². The molecule has 0 radical (unpaired) electrons. The summed E-state index contributed by atoms with van der Waals surface area (Å²) in [5, 5.41) is 32.2. The number of allylic oxidation sites excluding steroid dienone is 4. The predicted octanol–water partition coefficient (Wildman–Crippen LogP) is 3.03. The Hall–Kier alpha value is -1.72. The van der Waals surface area contributed by atoms with Crippen LogP contribution in [-0.2, 0) is 9.59 Å². The Balaban J connectivity index is 3.42. The second-order valence-electron chi connectivity index (χ2n) is 7.53. The number of hydrogen-bond acceptors (Lipinski definition) is 5. The van der Waals surface area contributed by atoms with E-state index in [0.717, 1.165) is 11.1 Å². The molecule has 1 aliphatic carbocycles. The molecule has 1 unspecified atom stereocenters. The van der Waals surface area contributed by atoms with E-state index in [1.807, 2.05) is 27.7 Å². The Kier molecular flexibility index (Phi) is 6.91. The molecule has 0 aromatic rings. The van der Waals surface area contributed by atoms with Crippen LogP contribution >= 0.6 is 0 Å². The van der Waals surface area contributed by atoms with Gasteiger partial charge in [0.15, 0.2) is 17.2 Å². The minimum absolute atomic E-state index is 0.0741. The first-order chi connectivity index (χ1) is 11.4. The maximum absolute atomic E-state index is 12.8. The minimum atomic E-state index is -2.16. The van der Waals surface area contributed by atoms with Crippen LogP contribution in [0.3, 0.4) is 0 Å². The summed E-state index contributed by atoms with van der Waals surface area (Å²) in [5.74, 6) is -3.40. The molecule has 0 fully saturated rings. The molecule has 3 atom stereocenters. The molecule has 0 spiro atoms. The van der Waals surface area contributed by atoms with Crippen molar-refractivity contribution in [3.8, 4) is 0 Å². The van der Waals surface area contributed by atoms with Crippen molar-refractivity contribution in [3.05, 3.63) is 34.6 Å². The first-order valence-electron chi connectivity index (χ1n) is 8.63. The van der Waals surface area contributed by atoms with Gasteiger partial charge in [-0.15, -0.1) is 0 Å². The normalized spacial score (nSPS) is 24.5. The Morgan fingerprint density at radius 1 is 1.16 bits per heavy atom. The number of rotatable bonds is 7. The van der Waals surface area contributed by atoms with Crippen LogP contribution in [0.25, 0.3) is 0 Å². The summed E-state index contributed by atoms with van der Waals surface area (Å²) in [7, 11) is 0. The smallest absolute Gasteiger partial charge is 0.176 e. The second kappa shape index (κ2) is 8.11. The van der Waals surface area contributed by atoms with Crippen LogP contribution in [0.4, 0.5) is 0 Å². The van der Waals surface area contributed by atoms with E-state index in [1.165, 1.54) is 0 Å². The van der Waals surface area contributed by atoms with E-state index in [0.29, 0.717) is 0 Å². The molecule has 0 amide bonds. The van der Waals surface area contributed by atoms with Gasteiger partial charge in [-0.25, -0.2) is 0 Å². The zero-order valence-electron chi connectivity index (χ0n) is 16.0. The summed E-state index contributed by atoms with van der Waals surface area (Å²) in [4.78, 5) is 25.1. The lowest BCUT2D eigenvalue weighted by atomic mass is 9.80. The lowest BCUT2D eigenvalue weighted by Crippen LogP contribution is -2.49. The third-order valence-electron chi connectivity index (χ3n) is 4.50. The zero-order chi connectivity index (χ0) is 19.5. The summed E-state index contributed by atoms with van der Waals surface area (Å²) in [6.45, 7) is 10.6. The van der Waals surface area contributed by atoms with Crippen molar-refractivity contribution in [1.82, 2.24) is 0 Å². The number of aliphatic hydroxyl groups is 3. The molecule has 3 N–H and O–H groups in total. The van der Waals surface area contributed by atoms with Crippen LogP contribution in [0, 0.1) is 11.8 Å². The standard InChI is InChI=1S/C20H30O5/c1-11(2)7-9-14-18(23)16(17(22)13(5)6)19(24)20(14,25)15(21)10-8-12(3)4/h7-8,13-15,21,24-25H,9-10H2,1-6H3/t14-,15?,20+/m0/s1. The summed E-state index contributed by atoms with van der Waals surface area (Å²) >= 11 is 0. The van der Waals surface area contributed by atoms with E-state index >= 15 is 0 Å². The molecule has 0 saturated carbocycles. The molecule has 0 saturated heterocycles. The largest absolute Gasteiger partial charge is 0.508 e. The molecule has 25 heavy (non-hydrogen) atoms. The highest BCUT2D eigenvalue weighted by Crippen LogP contribution is 2.43. The van der Waals surface area contributed by atoms with E-state index in [4.69, 9.17) is 0 Å². The molecule has 0 heterocycles. The maximum atomic E-state index is 12.8. The Bertz CT molecular complexity index is 630. The summed E-state index contributed by atoms with van der Waals surface area (Å²) in [6, 6.07) is 0. The second-order valence-corrected chi connectivity index (χ2v) is 7.53. The third kappa shape index (κ3) is 4.28. The van der Waals surface area contributed by atoms with Crippen molar-refractivity contribution in [1.29, 1.82) is 0 Å². The highest BCUT2D eigenvalue weighted by Gasteiger charge is 2.58. The van der Waals surface area contributed by atoms with Crippen LogP contribution in [0.2, 0.25) is 0 Å². The molecule has 1 aliphatic rings. The van der Waals surface area contributed by atoms with E-state index in [9.17, 15) is 24.9 Å².